The molecule has 0 aliphatic heterocycles. The van der Waals surface area contributed by atoms with Crippen LogP contribution < -0.4 is 4.90 Å². The summed E-state index contributed by atoms with van der Waals surface area (Å²) in [5.41, 5.74) is 15.1. The summed E-state index contributed by atoms with van der Waals surface area (Å²) in [5.74, 6) is 0. The zero-order chi connectivity index (χ0) is 37.7. The van der Waals surface area contributed by atoms with Gasteiger partial charge in [0.15, 0.2) is 0 Å². The minimum absolute atomic E-state index is 1.08. The van der Waals surface area contributed by atoms with Crippen molar-refractivity contribution < 1.29 is 0 Å². The summed E-state index contributed by atoms with van der Waals surface area (Å²) in [4.78, 5) is 2.40. The molecule has 0 saturated heterocycles. The lowest BCUT2D eigenvalue weighted by atomic mass is 9.99. The number of para-hydroxylation sites is 3. The number of benzene rings is 9. The standard InChI is InChI=1S/C54H37N3/c1-4-16-38(17-5-1)40-20-14-23-44(36-40)55(42-30-32-43(33-31-42)56-50-27-12-10-24-47(50)48-25-11-13-28-51(48)56)45-34-35-49-53(37-45)57(41-21-8-3-9-22-41)52-29-15-26-46(54(49)52)39-18-6-2-7-19-39/h1-37H. The molecule has 0 amide bonds. The van der Waals surface area contributed by atoms with Gasteiger partial charge in [0.2, 0.25) is 0 Å². The van der Waals surface area contributed by atoms with Crippen LogP contribution in [0.5, 0.6) is 0 Å². The van der Waals surface area contributed by atoms with Crippen LogP contribution in [0.1, 0.15) is 0 Å². The zero-order valence-corrected chi connectivity index (χ0v) is 31.2. The van der Waals surface area contributed by atoms with Crippen LogP contribution in [0.15, 0.2) is 224 Å². The smallest absolute Gasteiger partial charge is 0.0562 e. The van der Waals surface area contributed by atoms with E-state index in [-0.39, 0.29) is 0 Å². The molecule has 2 aromatic heterocycles. The van der Waals surface area contributed by atoms with Gasteiger partial charge < -0.3 is 14.0 Å². The van der Waals surface area contributed by atoms with Crippen molar-refractivity contribution in [3.8, 4) is 33.6 Å². The lowest BCUT2D eigenvalue weighted by Crippen LogP contribution is -2.10. The molecule has 0 N–H and O–H groups in total. The molecule has 0 aliphatic rings. The van der Waals surface area contributed by atoms with Crippen molar-refractivity contribution in [2.75, 3.05) is 4.90 Å². The SMILES string of the molecule is c1ccc(-c2cccc(N(c3ccc(-n4c5ccccc5c5ccccc54)cc3)c3ccc4c5c(-c6ccccc6)cccc5n(-c5ccccc5)c4c3)c2)cc1. The van der Waals surface area contributed by atoms with Gasteiger partial charge in [-0.25, -0.2) is 0 Å². The fourth-order valence-corrected chi connectivity index (χ4v) is 8.76. The Balaban J connectivity index is 1.13. The maximum Gasteiger partial charge on any atom is 0.0562 e. The van der Waals surface area contributed by atoms with E-state index in [0.717, 1.165) is 34.0 Å². The lowest BCUT2D eigenvalue weighted by Gasteiger charge is -2.26. The van der Waals surface area contributed by atoms with Gasteiger partial charge in [-0.1, -0.05) is 146 Å². The van der Waals surface area contributed by atoms with E-state index >= 15 is 0 Å². The van der Waals surface area contributed by atoms with Gasteiger partial charge in [0, 0.05) is 50.0 Å². The van der Waals surface area contributed by atoms with Crippen molar-refractivity contribution in [1.29, 1.82) is 0 Å². The summed E-state index contributed by atoms with van der Waals surface area (Å²) in [7, 11) is 0. The van der Waals surface area contributed by atoms with Gasteiger partial charge in [-0.2, -0.15) is 0 Å². The van der Waals surface area contributed by atoms with Crippen molar-refractivity contribution in [3.05, 3.63) is 224 Å². The highest BCUT2D eigenvalue weighted by atomic mass is 15.1. The minimum Gasteiger partial charge on any atom is -0.310 e. The van der Waals surface area contributed by atoms with Gasteiger partial charge in [0.25, 0.3) is 0 Å². The van der Waals surface area contributed by atoms with Crippen molar-refractivity contribution in [2.45, 2.75) is 0 Å². The molecule has 11 aromatic rings. The van der Waals surface area contributed by atoms with Gasteiger partial charge in [0.05, 0.1) is 22.1 Å². The highest BCUT2D eigenvalue weighted by molar-refractivity contribution is 6.16. The average molecular weight is 728 g/mol. The Labute approximate surface area is 331 Å². The number of aromatic nitrogens is 2. The molecule has 0 radical (unpaired) electrons. The summed E-state index contributed by atoms with van der Waals surface area (Å²) in [6.45, 7) is 0. The molecule has 0 saturated carbocycles. The van der Waals surface area contributed by atoms with E-state index < -0.39 is 0 Å². The third kappa shape index (κ3) is 5.51. The van der Waals surface area contributed by atoms with Gasteiger partial charge in [-0.15, -0.1) is 0 Å². The highest BCUT2D eigenvalue weighted by Crippen LogP contribution is 2.43. The third-order valence-corrected chi connectivity index (χ3v) is 11.3. The first-order chi connectivity index (χ1) is 28.3. The van der Waals surface area contributed by atoms with Gasteiger partial charge >= 0.3 is 0 Å². The first kappa shape index (κ1) is 32.8. The molecule has 3 heteroatoms. The summed E-state index contributed by atoms with van der Waals surface area (Å²) >= 11 is 0. The van der Waals surface area contributed by atoms with Crippen molar-refractivity contribution in [3.63, 3.8) is 0 Å². The first-order valence-electron chi connectivity index (χ1n) is 19.5. The second-order valence-electron chi connectivity index (χ2n) is 14.6. The number of nitrogens with zero attached hydrogens (tertiary/aromatic N) is 3. The average Bonchev–Trinajstić information content (AvgIpc) is 3.81. The minimum atomic E-state index is 1.08. The topological polar surface area (TPSA) is 13.1 Å². The van der Waals surface area contributed by atoms with Crippen LogP contribution in [0.4, 0.5) is 17.1 Å². The van der Waals surface area contributed by atoms with Crippen LogP contribution in [0.3, 0.4) is 0 Å². The quantitative estimate of drug-likeness (QED) is 0.159. The van der Waals surface area contributed by atoms with E-state index in [1.165, 1.54) is 60.3 Å². The van der Waals surface area contributed by atoms with Crippen molar-refractivity contribution in [2.24, 2.45) is 0 Å². The number of hydrogen-bond acceptors (Lipinski definition) is 1. The Bertz CT molecular complexity index is 3160. The van der Waals surface area contributed by atoms with Crippen molar-refractivity contribution >= 4 is 60.7 Å². The largest absolute Gasteiger partial charge is 0.310 e. The normalized spacial score (nSPS) is 11.5. The molecule has 0 fully saturated rings. The summed E-state index contributed by atoms with van der Waals surface area (Å²) in [6.07, 6.45) is 0. The molecule has 0 atom stereocenters. The molecule has 2 heterocycles. The molecule has 11 rings (SSSR count). The second kappa shape index (κ2) is 13.6. The number of fused-ring (bicyclic) bond motifs is 6. The van der Waals surface area contributed by atoms with Crippen LogP contribution in [-0.4, -0.2) is 9.13 Å². The third-order valence-electron chi connectivity index (χ3n) is 11.3. The predicted molar refractivity (Wildman–Crippen MR) is 241 cm³/mol. The summed E-state index contributed by atoms with van der Waals surface area (Å²) < 4.78 is 4.80. The van der Waals surface area contributed by atoms with E-state index in [1.807, 2.05) is 0 Å². The maximum absolute atomic E-state index is 2.42. The first-order valence-corrected chi connectivity index (χ1v) is 19.5. The van der Waals surface area contributed by atoms with Crippen LogP contribution in [0, 0.1) is 0 Å². The Morgan fingerprint density at radius 2 is 0.789 bits per heavy atom. The van der Waals surface area contributed by atoms with E-state index in [2.05, 4.69) is 238 Å². The van der Waals surface area contributed by atoms with Crippen LogP contribution in [0.2, 0.25) is 0 Å². The summed E-state index contributed by atoms with van der Waals surface area (Å²) in [6, 6.07) is 81.1. The Morgan fingerprint density at radius 1 is 0.281 bits per heavy atom. The molecule has 9 aromatic carbocycles. The molecule has 0 unspecified atom stereocenters. The zero-order valence-electron chi connectivity index (χ0n) is 31.2. The molecular weight excluding hydrogens is 691 g/mol. The molecule has 0 spiro atoms. The molecule has 268 valence electrons. The van der Waals surface area contributed by atoms with Gasteiger partial charge in [-0.05, 0) is 101 Å². The Morgan fingerprint density at radius 3 is 1.49 bits per heavy atom. The molecule has 57 heavy (non-hydrogen) atoms. The van der Waals surface area contributed by atoms with E-state index in [9.17, 15) is 0 Å². The monoisotopic (exact) mass is 727 g/mol. The van der Waals surface area contributed by atoms with Crippen LogP contribution in [-0.2, 0) is 0 Å². The van der Waals surface area contributed by atoms with Gasteiger partial charge in [-0.3, -0.25) is 0 Å². The number of rotatable bonds is 7. The molecule has 0 bridgehead atoms. The maximum atomic E-state index is 2.42. The molecule has 0 aliphatic carbocycles. The van der Waals surface area contributed by atoms with E-state index in [0.29, 0.717) is 0 Å². The number of anilines is 3. The van der Waals surface area contributed by atoms with Gasteiger partial charge in [0.1, 0.15) is 0 Å². The van der Waals surface area contributed by atoms with Crippen LogP contribution in [0.25, 0.3) is 77.2 Å². The second-order valence-corrected chi connectivity index (χ2v) is 14.6. The lowest BCUT2D eigenvalue weighted by molar-refractivity contribution is 1.17. The number of hydrogen-bond donors (Lipinski definition) is 0. The fraction of sp³-hybridized carbons (Fsp3) is 0. The fourth-order valence-electron chi connectivity index (χ4n) is 8.76. The van der Waals surface area contributed by atoms with Crippen LogP contribution >= 0.6 is 0 Å². The van der Waals surface area contributed by atoms with E-state index in [4.69, 9.17) is 0 Å². The molecular formula is C54H37N3. The highest BCUT2D eigenvalue weighted by Gasteiger charge is 2.20. The van der Waals surface area contributed by atoms with Crippen molar-refractivity contribution in [1.82, 2.24) is 9.13 Å². The summed E-state index contributed by atoms with van der Waals surface area (Å²) in [5, 5.41) is 4.99. The predicted octanol–water partition coefficient (Wildman–Crippen LogP) is 14.7. The Kier molecular flexibility index (Phi) is 7.82. The molecule has 3 nitrogen and oxygen atoms in total. The van der Waals surface area contributed by atoms with E-state index in [1.54, 1.807) is 0 Å². The Hall–Kier alpha value is -7.62.